The van der Waals surface area contributed by atoms with Crippen LogP contribution >= 0.6 is 23.8 Å². The smallest absolute Gasteiger partial charge is 0.269 e. The minimum Gasteiger partial charge on any atom is -0.375 e. The number of rotatable bonds is 6. The number of imidazole rings is 1. The summed E-state index contributed by atoms with van der Waals surface area (Å²) in [6.07, 6.45) is 1.30. The summed E-state index contributed by atoms with van der Waals surface area (Å²) in [7, 11) is 1.60. The number of H-pyrrole nitrogens is 1. The van der Waals surface area contributed by atoms with Gasteiger partial charge in [-0.15, -0.1) is 0 Å². The highest BCUT2D eigenvalue weighted by atomic mass is 35.5. The molecule has 134 valence electrons. The summed E-state index contributed by atoms with van der Waals surface area (Å²) < 4.78 is 7.65. The van der Waals surface area contributed by atoms with Crippen LogP contribution in [0.2, 0.25) is 5.02 Å². The molecule has 0 fully saturated rings. The SMILES string of the molecule is CO[C@H](CNC(=O)c1c[nH]c(=S)n1-c1ccccc1)c1cccc(Cl)c1. The van der Waals surface area contributed by atoms with Crippen LogP contribution in [0, 0.1) is 4.77 Å². The number of nitrogens with one attached hydrogen (secondary N) is 2. The third-order valence-electron chi connectivity index (χ3n) is 3.98. The number of ether oxygens (including phenoxy) is 1. The van der Waals surface area contributed by atoms with Crippen molar-refractivity contribution in [3.05, 3.63) is 81.8 Å². The molecule has 0 bridgehead atoms. The Labute approximate surface area is 161 Å². The van der Waals surface area contributed by atoms with Crippen molar-refractivity contribution in [2.45, 2.75) is 6.10 Å². The van der Waals surface area contributed by atoms with Crippen molar-refractivity contribution < 1.29 is 9.53 Å². The molecule has 1 aromatic heterocycles. The van der Waals surface area contributed by atoms with E-state index >= 15 is 0 Å². The Hall–Kier alpha value is -2.41. The minimum atomic E-state index is -0.301. The molecule has 2 aromatic carbocycles. The van der Waals surface area contributed by atoms with Crippen LogP contribution < -0.4 is 5.32 Å². The molecule has 0 radical (unpaired) electrons. The van der Waals surface area contributed by atoms with Gasteiger partial charge in [-0.05, 0) is 42.0 Å². The molecule has 0 aliphatic rings. The standard InChI is InChI=1S/C19H18ClN3O2S/c1-25-17(13-6-5-7-14(20)10-13)12-21-18(24)16-11-22-19(26)23(16)15-8-3-2-4-9-15/h2-11,17H,12H2,1H3,(H,21,24)(H,22,26)/t17-/m1/s1. The van der Waals surface area contributed by atoms with Crippen LogP contribution in [0.5, 0.6) is 0 Å². The highest BCUT2D eigenvalue weighted by Gasteiger charge is 2.17. The predicted octanol–water partition coefficient (Wildman–Crippen LogP) is 4.31. The van der Waals surface area contributed by atoms with Crippen LogP contribution in [0.1, 0.15) is 22.2 Å². The molecule has 1 atom stereocenters. The Kier molecular flexibility index (Phi) is 5.88. The van der Waals surface area contributed by atoms with Gasteiger partial charge < -0.3 is 15.0 Å². The van der Waals surface area contributed by atoms with Gasteiger partial charge in [0.05, 0.1) is 6.10 Å². The van der Waals surface area contributed by atoms with E-state index in [2.05, 4.69) is 10.3 Å². The molecule has 3 rings (SSSR count). The Morgan fingerprint density at radius 3 is 2.73 bits per heavy atom. The lowest BCUT2D eigenvalue weighted by atomic mass is 10.1. The average molecular weight is 388 g/mol. The molecule has 2 N–H and O–H groups in total. The first-order chi connectivity index (χ1) is 12.6. The fourth-order valence-corrected chi connectivity index (χ4v) is 3.15. The molecule has 0 aliphatic carbocycles. The molecular formula is C19H18ClN3O2S. The predicted molar refractivity (Wildman–Crippen MR) is 104 cm³/mol. The first-order valence-electron chi connectivity index (χ1n) is 8.02. The molecular weight excluding hydrogens is 370 g/mol. The minimum absolute atomic E-state index is 0.245. The van der Waals surface area contributed by atoms with E-state index < -0.39 is 0 Å². The van der Waals surface area contributed by atoms with E-state index in [1.807, 2.05) is 48.5 Å². The number of aromatic nitrogens is 2. The van der Waals surface area contributed by atoms with Gasteiger partial charge in [-0.25, -0.2) is 0 Å². The van der Waals surface area contributed by atoms with E-state index in [1.54, 1.807) is 23.9 Å². The maximum absolute atomic E-state index is 12.7. The number of hydrogen-bond acceptors (Lipinski definition) is 3. The Bertz CT molecular complexity index is 953. The topological polar surface area (TPSA) is 59.0 Å². The molecule has 0 saturated carbocycles. The van der Waals surface area contributed by atoms with Crippen molar-refractivity contribution in [1.82, 2.24) is 14.9 Å². The number of para-hydroxylation sites is 1. The van der Waals surface area contributed by atoms with Gasteiger partial charge in [0.2, 0.25) is 0 Å². The highest BCUT2D eigenvalue weighted by molar-refractivity contribution is 7.71. The van der Waals surface area contributed by atoms with E-state index in [0.717, 1.165) is 11.3 Å². The summed E-state index contributed by atoms with van der Waals surface area (Å²) in [5.74, 6) is -0.245. The maximum atomic E-state index is 12.7. The normalized spacial score (nSPS) is 11.9. The molecule has 1 amide bonds. The second kappa shape index (κ2) is 8.31. The number of benzene rings is 2. The molecule has 5 nitrogen and oxygen atoms in total. The van der Waals surface area contributed by atoms with E-state index in [4.69, 9.17) is 28.6 Å². The quantitative estimate of drug-likeness (QED) is 0.620. The van der Waals surface area contributed by atoms with Gasteiger partial charge >= 0.3 is 0 Å². The average Bonchev–Trinajstić information content (AvgIpc) is 3.04. The second-order valence-electron chi connectivity index (χ2n) is 5.64. The number of carbonyl (C=O) groups is 1. The van der Waals surface area contributed by atoms with Gasteiger partial charge in [0, 0.05) is 30.6 Å². The molecule has 0 saturated heterocycles. The number of nitrogens with zero attached hydrogens (tertiary/aromatic N) is 1. The summed E-state index contributed by atoms with van der Waals surface area (Å²) in [5.41, 5.74) is 2.15. The van der Waals surface area contributed by atoms with Crippen molar-refractivity contribution in [3.63, 3.8) is 0 Å². The van der Waals surface area contributed by atoms with Gasteiger partial charge in [-0.3, -0.25) is 9.36 Å². The maximum Gasteiger partial charge on any atom is 0.269 e. The Balaban J connectivity index is 1.78. The van der Waals surface area contributed by atoms with E-state index in [1.165, 1.54) is 0 Å². The first-order valence-corrected chi connectivity index (χ1v) is 8.81. The van der Waals surface area contributed by atoms with E-state index in [9.17, 15) is 4.79 Å². The molecule has 0 unspecified atom stereocenters. The second-order valence-corrected chi connectivity index (χ2v) is 6.46. The lowest BCUT2D eigenvalue weighted by Crippen LogP contribution is -2.30. The molecule has 1 heterocycles. The summed E-state index contributed by atoms with van der Waals surface area (Å²) in [6, 6.07) is 16.9. The highest BCUT2D eigenvalue weighted by Crippen LogP contribution is 2.20. The largest absolute Gasteiger partial charge is 0.375 e. The van der Waals surface area contributed by atoms with Gasteiger partial charge in [-0.1, -0.05) is 41.9 Å². The lowest BCUT2D eigenvalue weighted by Gasteiger charge is -2.17. The van der Waals surface area contributed by atoms with Crippen LogP contribution in [0.15, 0.2) is 60.8 Å². The molecule has 3 aromatic rings. The van der Waals surface area contributed by atoms with Gasteiger partial charge in [-0.2, -0.15) is 0 Å². The number of methoxy groups -OCH3 is 1. The summed E-state index contributed by atoms with van der Waals surface area (Å²) in [6.45, 7) is 0.308. The fourth-order valence-electron chi connectivity index (χ4n) is 2.69. The van der Waals surface area contributed by atoms with Crippen LogP contribution in [0.25, 0.3) is 5.69 Å². The van der Waals surface area contributed by atoms with E-state index in [0.29, 0.717) is 22.0 Å². The third kappa shape index (κ3) is 4.04. The number of amides is 1. The number of aromatic amines is 1. The molecule has 0 spiro atoms. The zero-order valence-electron chi connectivity index (χ0n) is 14.1. The zero-order valence-corrected chi connectivity index (χ0v) is 15.7. The van der Waals surface area contributed by atoms with Crippen molar-refractivity contribution in [1.29, 1.82) is 0 Å². The summed E-state index contributed by atoms with van der Waals surface area (Å²) >= 11 is 11.3. The number of halogens is 1. The van der Waals surface area contributed by atoms with Crippen molar-refractivity contribution in [2.75, 3.05) is 13.7 Å². The molecule has 0 aliphatic heterocycles. The summed E-state index contributed by atoms with van der Waals surface area (Å²) in [5, 5.41) is 3.52. The first kappa shape index (κ1) is 18.4. The number of hydrogen-bond donors (Lipinski definition) is 2. The van der Waals surface area contributed by atoms with Gasteiger partial charge in [0.1, 0.15) is 5.69 Å². The fraction of sp³-hybridized carbons (Fsp3) is 0.158. The third-order valence-corrected chi connectivity index (χ3v) is 4.51. The van der Waals surface area contributed by atoms with Crippen molar-refractivity contribution in [3.8, 4) is 5.69 Å². The van der Waals surface area contributed by atoms with Crippen molar-refractivity contribution in [2.24, 2.45) is 0 Å². The molecule has 26 heavy (non-hydrogen) atoms. The van der Waals surface area contributed by atoms with Gasteiger partial charge in [0.25, 0.3) is 5.91 Å². The Morgan fingerprint density at radius 1 is 1.27 bits per heavy atom. The van der Waals surface area contributed by atoms with E-state index in [-0.39, 0.29) is 12.0 Å². The zero-order chi connectivity index (χ0) is 18.5. The van der Waals surface area contributed by atoms with Crippen LogP contribution in [0.3, 0.4) is 0 Å². The van der Waals surface area contributed by atoms with Crippen molar-refractivity contribution >= 4 is 29.7 Å². The van der Waals surface area contributed by atoms with Crippen LogP contribution in [-0.4, -0.2) is 29.1 Å². The van der Waals surface area contributed by atoms with Gasteiger partial charge in [0.15, 0.2) is 4.77 Å². The Morgan fingerprint density at radius 2 is 2.04 bits per heavy atom. The van der Waals surface area contributed by atoms with Crippen LogP contribution in [0.4, 0.5) is 0 Å². The molecule has 7 heteroatoms. The number of carbonyl (C=O) groups excluding carboxylic acids is 1. The summed E-state index contributed by atoms with van der Waals surface area (Å²) in [4.78, 5) is 15.6. The lowest BCUT2D eigenvalue weighted by molar-refractivity contribution is 0.0823. The van der Waals surface area contributed by atoms with Crippen LogP contribution in [-0.2, 0) is 4.74 Å². The monoisotopic (exact) mass is 387 g/mol.